The van der Waals surface area contributed by atoms with Crippen molar-refractivity contribution >= 4 is 50.3 Å². The summed E-state index contributed by atoms with van der Waals surface area (Å²) in [7, 11) is 0. The van der Waals surface area contributed by atoms with Crippen molar-refractivity contribution in [2.24, 2.45) is 10.1 Å². The summed E-state index contributed by atoms with van der Waals surface area (Å²) in [5.74, 6) is -0.297. The number of aliphatic imine (C=N–C) groups is 1. The predicted octanol–water partition coefficient (Wildman–Crippen LogP) is 4.53. The summed E-state index contributed by atoms with van der Waals surface area (Å²) < 4.78 is 0. The normalized spacial score (nSPS) is 14.8. The fourth-order valence-electron chi connectivity index (χ4n) is 3.06. The van der Waals surface area contributed by atoms with Crippen LogP contribution in [-0.2, 0) is 4.79 Å². The van der Waals surface area contributed by atoms with Crippen LogP contribution < -0.4 is 10.3 Å². The molecular weight excluding hydrogens is 428 g/mol. The van der Waals surface area contributed by atoms with Gasteiger partial charge in [-0.25, -0.2) is 9.97 Å². The lowest BCUT2D eigenvalue weighted by molar-refractivity contribution is -0.112. The Morgan fingerprint density at radius 2 is 1.71 bits per heavy atom. The van der Waals surface area contributed by atoms with Crippen LogP contribution >= 0.6 is 22.7 Å². The van der Waals surface area contributed by atoms with E-state index in [4.69, 9.17) is 0 Å². The second kappa shape index (κ2) is 8.58. The van der Waals surface area contributed by atoms with Crippen LogP contribution in [0.2, 0.25) is 0 Å². The van der Waals surface area contributed by atoms with Gasteiger partial charge < -0.3 is 5.32 Å². The van der Waals surface area contributed by atoms with Crippen LogP contribution in [0.4, 0.5) is 10.3 Å². The topological polar surface area (TPSA) is 82.8 Å². The van der Waals surface area contributed by atoms with Crippen LogP contribution in [0.25, 0.3) is 11.3 Å². The molecule has 0 saturated heterocycles. The number of hydrogen-bond acceptors (Lipinski definition) is 8. The molecule has 1 aliphatic heterocycles. The number of hydrogen-bond donors (Lipinski definition) is 1. The maximum atomic E-state index is 13.2. The molecule has 0 saturated carbocycles. The Labute approximate surface area is 186 Å². The van der Waals surface area contributed by atoms with Gasteiger partial charge in [0.05, 0.1) is 5.69 Å². The molecule has 0 aliphatic carbocycles. The number of anilines is 2. The van der Waals surface area contributed by atoms with Gasteiger partial charge in [0.2, 0.25) is 5.13 Å². The molecule has 2 aromatic carbocycles. The Bertz CT molecular complexity index is 1250. The van der Waals surface area contributed by atoms with Crippen molar-refractivity contribution in [3.05, 3.63) is 83.2 Å². The third-order valence-corrected chi connectivity index (χ3v) is 6.06. The number of carbonyl (C=O) groups excluding carboxylic acids is 1. The van der Waals surface area contributed by atoms with E-state index in [-0.39, 0.29) is 12.6 Å². The fourth-order valence-corrected chi connectivity index (χ4v) is 4.36. The van der Waals surface area contributed by atoms with Crippen LogP contribution in [0.1, 0.15) is 5.56 Å². The van der Waals surface area contributed by atoms with Gasteiger partial charge in [0.25, 0.3) is 0 Å². The zero-order valence-corrected chi connectivity index (χ0v) is 17.8. The molecule has 3 heterocycles. The monoisotopic (exact) mass is 444 g/mol. The minimum Gasteiger partial charge on any atom is -0.342 e. The van der Waals surface area contributed by atoms with E-state index in [9.17, 15) is 4.79 Å². The second-order valence-corrected chi connectivity index (χ2v) is 8.22. The third kappa shape index (κ3) is 4.00. The molecule has 0 radical (unpaired) electrons. The van der Waals surface area contributed by atoms with Crippen molar-refractivity contribution < 1.29 is 4.79 Å². The van der Waals surface area contributed by atoms with Crippen molar-refractivity contribution in [1.29, 1.82) is 0 Å². The summed E-state index contributed by atoms with van der Waals surface area (Å²) in [6, 6.07) is 19.4. The van der Waals surface area contributed by atoms with E-state index in [1.165, 1.54) is 27.7 Å². The molecule has 2 aromatic heterocycles. The number of amides is 1. The lowest BCUT2D eigenvalue weighted by Crippen LogP contribution is -2.28. The van der Waals surface area contributed by atoms with E-state index in [0.29, 0.717) is 16.6 Å². The highest BCUT2D eigenvalue weighted by Crippen LogP contribution is 2.30. The molecule has 0 spiro atoms. The van der Waals surface area contributed by atoms with Crippen LogP contribution in [0.3, 0.4) is 0 Å². The number of hydrazone groups is 1. The summed E-state index contributed by atoms with van der Waals surface area (Å²) in [6.07, 6.45) is 1.71. The number of carbonyl (C=O) groups is 1. The first-order valence-corrected chi connectivity index (χ1v) is 11.2. The lowest BCUT2D eigenvalue weighted by Gasteiger charge is -2.06. The molecule has 0 atom stereocenters. The van der Waals surface area contributed by atoms with Gasteiger partial charge in [-0.1, -0.05) is 60.7 Å². The minimum atomic E-state index is -0.297. The standard InChI is InChI=1S/C22H16N6OS2/c29-20-19(24-14-25-21-23-11-12-30-21)18(16-9-5-2-6-10-16)27-28(20)22-26-17(13-31-22)15-7-3-1-4-8-15/h1-13H,14H2,(H,23,25)/b24-19+. The number of benzene rings is 2. The van der Waals surface area contributed by atoms with E-state index in [2.05, 4.69) is 25.4 Å². The Hall–Kier alpha value is -3.69. The van der Waals surface area contributed by atoms with Gasteiger partial charge in [-0.2, -0.15) is 10.1 Å². The van der Waals surface area contributed by atoms with Gasteiger partial charge in [0, 0.05) is 28.1 Å². The highest BCUT2D eigenvalue weighted by atomic mass is 32.1. The van der Waals surface area contributed by atoms with Crippen LogP contribution in [-0.4, -0.2) is 34.0 Å². The van der Waals surface area contributed by atoms with Crippen molar-refractivity contribution in [1.82, 2.24) is 9.97 Å². The number of nitrogens with zero attached hydrogens (tertiary/aromatic N) is 5. The summed E-state index contributed by atoms with van der Waals surface area (Å²) in [5.41, 5.74) is 3.45. The zero-order chi connectivity index (χ0) is 21.0. The second-order valence-electron chi connectivity index (χ2n) is 6.49. The third-order valence-electron chi connectivity index (χ3n) is 4.51. The number of thiazole rings is 2. The molecule has 5 rings (SSSR count). The first-order valence-electron chi connectivity index (χ1n) is 9.47. The molecule has 0 unspecified atom stereocenters. The molecule has 1 N–H and O–H groups in total. The molecule has 0 bridgehead atoms. The maximum Gasteiger partial charge on any atom is 0.301 e. The Balaban J connectivity index is 1.46. The first kappa shape index (κ1) is 19.3. The first-order chi connectivity index (χ1) is 15.3. The van der Waals surface area contributed by atoms with Crippen molar-refractivity contribution in [2.75, 3.05) is 17.0 Å². The van der Waals surface area contributed by atoms with Crippen molar-refractivity contribution in [3.63, 3.8) is 0 Å². The van der Waals surface area contributed by atoms with Crippen LogP contribution in [0.15, 0.2) is 87.7 Å². The van der Waals surface area contributed by atoms with E-state index >= 15 is 0 Å². The molecule has 9 heteroatoms. The van der Waals surface area contributed by atoms with Gasteiger partial charge in [-0.05, 0) is 0 Å². The highest BCUT2D eigenvalue weighted by molar-refractivity contribution is 7.14. The van der Waals surface area contributed by atoms with E-state index in [1.807, 2.05) is 71.4 Å². The molecular formula is C22H16N6OS2. The molecule has 4 aromatic rings. The Kier molecular flexibility index (Phi) is 5.34. The highest BCUT2D eigenvalue weighted by Gasteiger charge is 2.35. The predicted molar refractivity (Wildman–Crippen MR) is 126 cm³/mol. The number of rotatable bonds is 6. The smallest absolute Gasteiger partial charge is 0.301 e. The average Bonchev–Trinajstić information content (AvgIpc) is 3.57. The fraction of sp³-hybridized carbons (Fsp3) is 0.0455. The van der Waals surface area contributed by atoms with Crippen molar-refractivity contribution in [3.8, 4) is 11.3 Å². The van der Waals surface area contributed by atoms with Gasteiger partial charge in [-0.3, -0.25) is 9.79 Å². The number of aromatic nitrogens is 2. The molecule has 1 aliphatic rings. The summed E-state index contributed by atoms with van der Waals surface area (Å²) in [4.78, 5) is 26.5. The minimum absolute atomic E-state index is 0.224. The quantitative estimate of drug-likeness (QED) is 0.474. The summed E-state index contributed by atoms with van der Waals surface area (Å²) in [5, 5.41) is 14.1. The largest absolute Gasteiger partial charge is 0.342 e. The Morgan fingerprint density at radius 3 is 2.42 bits per heavy atom. The van der Waals surface area contributed by atoms with E-state index in [1.54, 1.807) is 6.20 Å². The Morgan fingerprint density at radius 1 is 0.968 bits per heavy atom. The summed E-state index contributed by atoms with van der Waals surface area (Å²) in [6.45, 7) is 0.224. The molecule has 7 nitrogen and oxygen atoms in total. The van der Waals surface area contributed by atoms with Crippen molar-refractivity contribution in [2.45, 2.75) is 0 Å². The maximum absolute atomic E-state index is 13.2. The molecule has 31 heavy (non-hydrogen) atoms. The van der Waals surface area contributed by atoms with Crippen LogP contribution in [0, 0.1) is 0 Å². The van der Waals surface area contributed by atoms with E-state index in [0.717, 1.165) is 22.0 Å². The van der Waals surface area contributed by atoms with E-state index < -0.39 is 0 Å². The SMILES string of the molecule is O=C1/C(=N/CNc2nccs2)C(c2ccccc2)=NN1c1nc(-c2ccccc2)cs1. The van der Waals surface area contributed by atoms with Gasteiger partial charge in [0.1, 0.15) is 12.4 Å². The molecule has 152 valence electrons. The molecule has 0 fully saturated rings. The average molecular weight is 445 g/mol. The van der Waals surface area contributed by atoms with Crippen LogP contribution in [0.5, 0.6) is 0 Å². The lowest BCUT2D eigenvalue weighted by atomic mass is 10.1. The number of nitrogens with one attached hydrogen (secondary N) is 1. The van der Waals surface area contributed by atoms with Gasteiger partial charge in [-0.15, -0.1) is 22.7 Å². The van der Waals surface area contributed by atoms with Gasteiger partial charge >= 0.3 is 5.91 Å². The summed E-state index contributed by atoms with van der Waals surface area (Å²) >= 11 is 2.85. The van der Waals surface area contributed by atoms with Gasteiger partial charge in [0.15, 0.2) is 10.8 Å². The molecule has 1 amide bonds. The zero-order valence-electron chi connectivity index (χ0n) is 16.2.